The van der Waals surface area contributed by atoms with E-state index >= 15 is 0 Å². The normalized spacial score (nSPS) is 30.5. The van der Waals surface area contributed by atoms with Gasteiger partial charge in [0.25, 0.3) is 0 Å². The summed E-state index contributed by atoms with van der Waals surface area (Å²) in [5.74, 6) is 0. The van der Waals surface area contributed by atoms with Gasteiger partial charge >= 0.3 is 0 Å². The summed E-state index contributed by atoms with van der Waals surface area (Å²) in [6, 6.07) is 0.945. The molecule has 3 rings (SSSR count). The van der Waals surface area contributed by atoms with Crippen molar-refractivity contribution in [1.29, 1.82) is 0 Å². The maximum atomic E-state index is 10.7. The van der Waals surface area contributed by atoms with E-state index in [1.54, 1.807) is 24.7 Å². The molecular formula is C14H15BrClN3O4S. The molecule has 1 saturated heterocycles. The summed E-state index contributed by atoms with van der Waals surface area (Å²) in [6.45, 7) is -0.377. The van der Waals surface area contributed by atoms with Gasteiger partial charge in [0.15, 0.2) is 0 Å². The third-order valence-corrected chi connectivity index (χ3v) is 5.39. The summed E-state index contributed by atoms with van der Waals surface area (Å²) in [6.07, 6.45) is 3.32. The number of rotatable bonds is 4. The van der Waals surface area contributed by atoms with Crippen LogP contribution in [0, 0.1) is 0 Å². The topological polar surface area (TPSA) is 101 Å². The van der Waals surface area contributed by atoms with Crippen LogP contribution in [-0.4, -0.2) is 60.4 Å². The van der Waals surface area contributed by atoms with E-state index in [1.165, 1.54) is 22.6 Å². The fraction of sp³-hybridized carbons (Fsp3) is 0.429. The standard InChI is InChI=1S/C14H15BrClN3O4S/c15-7-2-18-19(5-7)11-12(21)10(6-20)23-14(13(11)22)24-9-1-8(16)3-17-4-9/h1-5,10-14,20-22H,6H2/t10-,11+,12+,13-,14-/m1/s1. The van der Waals surface area contributed by atoms with E-state index in [4.69, 9.17) is 16.3 Å². The van der Waals surface area contributed by atoms with Gasteiger partial charge in [-0.05, 0) is 22.0 Å². The monoisotopic (exact) mass is 435 g/mol. The van der Waals surface area contributed by atoms with Gasteiger partial charge in [-0.2, -0.15) is 5.10 Å². The summed E-state index contributed by atoms with van der Waals surface area (Å²) in [5.41, 5.74) is -0.723. The van der Waals surface area contributed by atoms with E-state index in [-0.39, 0.29) is 6.61 Å². The average Bonchev–Trinajstić information content (AvgIpc) is 2.96. The van der Waals surface area contributed by atoms with Gasteiger partial charge in [-0.15, -0.1) is 0 Å². The Labute approximate surface area is 155 Å². The SMILES string of the molecule is OC[C@H]1O[C@H](Sc2cncc(Cl)c2)[C@H](O)[C@@H](n2cc(Br)cn2)[C@H]1O. The van der Waals surface area contributed by atoms with Gasteiger partial charge in [-0.25, -0.2) is 0 Å². The Hall–Kier alpha value is -0.680. The third kappa shape index (κ3) is 3.77. The number of halogens is 2. The smallest absolute Gasteiger partial charge is 0.136 e. The molecule has 0 amide bonds. The van der Waals surface area contributed by atoms with E-state index < -0.39 is 29.8 Å². The average molecular weight is 437 g/mol. The summed E-state index contributed by atoms with van der Waals surface area (Å²) < 4.78 is 7.84. The van der Waals surface area contributed by atoms with Crippen LogP contribution in [0.25, 0.3) is 0 Å². The minimum atomic E-state index is -1.11. The second-order valence-electron chi connectivity index (χ2n) is 5.29. The Kier molecular flexibility index (Phi) is 5.81. The highest BCUT2D eigenvalue weighted by Gasteiger charge is 2.46. The highest BCUT2D eigenvalue weighted by Crippen LogP contribution is 2.38. The molecule has 0 saturated carbocycles. The van der Waals surface area contributed by atoms with Gasteiger partial charge in [-0.3, -0.25) is 9.67 Å². The molecule has 1 aliphatic heterocycles. The van der Waals surface area contributed by atoms with Crippen molar-refractivity contribution in [3.8, 4) is 0 Å². The van der Waals surface area contributed by atoms with E-state index in [0.29, 0.717) is 9.92 Å². The molecule has 0 unspecified atom stereocenters. The zero-order chi connectivity index (χ0) is 17.3. The minimum absolute atomic E-state index is 0.377. The van der Waals surface area contributed by atoms with Gasteiger partial charge in [0.1, 0.15) is 29.8 Å². The number of aliphatic hydroxyl groups excluding tert-OH is 3. The molecule has 130 valence electrons. The van der Waals surface area contributed by atoms with Crippen molar-refractivity contribution < 1.29 is 20.1 Å². The molecule has 0 aliphatic carbocycles. The lowest BCUT2D eigenvalue weighted by atomic mass is 9.97. The number of nitrogens with zero attached hydrogens (tertiary/aromatic N) is 3. The lowest BCUT2D eigenvalue weighted by Crippen LogP contribution is -2.54. The lowest BCUT2D eigenvalue weighted by Gasteiger charge is -2.42. The number of aliphatic hydroxyl groups is 3. The summed E-state index contributed by atoms with van der Waals surface area (Å²) in [4.78, 5) is 4.71. The molecule has 24 heavy (non-hydrogen) atoms. The Morgan fingerprint density at radius 3 is 2.71 bits per heavy atom. The van der Waals surface area contributed by atoms with Crippen LogP contribution in [0.2, 0.25) is 5.02 Å². The van der Waals surface area contributed by atoms with Crippen molar-refractivity contribution >= 4 is 39.3 Å². The predicted molar refractivity (Wildman–Crippen MR) is 91.8 cm³/mol. The van der Waals surface area contributed by atoms with Crippen molar-refractivity contribution in [3.05, 3.63) is 40.3 Å². The van der Waals surface area contributed by atoms with Crippen LogP contribution in [0.1, 0.15) is 6.04 Å². The van der Waals surface area contributed by atoms with Crippen LogP contribution >= 0.6 is 39.3 Å². The predicted octanol–water partition coefficient (Wildman–Crippen LogP) is 1.47. The molecule has 3 N–H and O–H groups in total. The first-order valence-electron chi connectivity index (χ1n) is 7.09. The molecule has 3 heterocycles. The van der Waals surface area contributed by atoms with Gasteiger partial charge in [0.2, 0.25) is 0 Å². The fourth-order valence-electron chi connectivity index (χ4n) is 2.55. The van der Waals surface area contributed by atoms with Crippen LogP contribution in [0.3, 0.4) is 0 Å². The van der Waals surface area contributed by atoms with Crippen LogP contribution in [0.4, 0.5) is 0 Å². The summed E-state index contributed by atoms with van der Waals surface area (Å²) in [7, 11) is 0. The number of aromatic nitrogens is 3. The number of ether oxygens (including phenoxy) is 1. The van der Waals surface area contributed by atoms with E-state index in [2.05, 4.69) is 26.0 Å². The molecule has 2 aromatic heterocycles. The Morgan fingerprint density at radius 2 is 2.08 bits per heavy atom. The molecule has 10 heteroatoms. The van der Waals surface area contributed by atoms with Crippen LogP contribution < -0.4 is 0 Å². The number of thioether (sulfide) groups is 1. The first kappa shape index (κ1) is 18.1. The van der Waals surface area contributed by atoms with Gasteiger partial charge in [0, 0.05) is 23.5 Å². The first-order valence-corrected chi connectivity index (χ1v) is 9.14. The van der Waals surface area contributed by atoms with Crippen LogP contribution in [-0.2, 0) is 4.74 Å². The zero-order valence-electron chi connectivity index (χ0n) is 12.2. The molecule has 1 fully saturated rings. The second-order valence-corrected chi connectivity index (χ2v) is 7.82. The molecular weight excluding hydrogens is 422 g/mol. The fourth-order valence-corrected chi connectivity index (χ4v) is 4.17. The van der Waals surface area contributed by atoms with Gasteiger partial charge in [0.05, 0.1) is 22.3 Å². The second kappa shape index (κ2) is 7.69. The van der Waals surface area contributed by atoms with Crippen molar-refractivity contribution in [2.75, 3.05) is 6.61 Å². The summed E-state index contributed by atoms with van der Waals surface area (Å²) in [5, 5.41) is 35.2. The molecule has 0 bridgehead atoms. The third-order valence-electron chi connectivity index (χ3n) is 3.66. The first-order chi connectivity index (χ1) is 11.5. The molecule has 0 radical (unpaired) electrons. The van der Waals surface area contributed by atoms with Crippen molar-refractivity contribution in [2.45, 2.75) is 34.7 Å². The highest BCUT2D eigenvalue weighted by molar-refractivity contribution is 9.10. The van der Waals surface area contributed by atoms with Crippen molar-refractivity contribution in [3.63, 3.8) is 0 Å². The molecule has 5 atom stereocenters. The van der Waals surface area contributed by atoms with Crippen molar-refractivity contribution in [1.82, 2.24) is 14.8 Å². The molecule has 2 aromatic rings. The highest BCUT2D eigenvalue weighted by atomic mass is 79.9. The van der Waals surface area contributed by atoms with Crippen LogP contribution in [0.15, 0.2) is 40.2 Å². The molecule has 1 aliphatic rings. The minimum Gasteiger partial charge on any atom is -0.394 e. The Bertz CT molecular complexity index is 706. The number of hydrogen-bond acceptors (Lipinski definition) is 7. The largest absolute Gasteiger partial charge is 0.394 e. The maximum Gasteiger partial charge on any atom is 0.136 e. The quantitative estimate of drug-likeness (QED) is 0.667. The van der Waals surface area contributed by atoms with E-state index in [0.717, 1.165) is 4.47 Å². The zero-order valence-corrected chi connectivity index (χ0v) is 15.4. The summed E-state index contributed by atoms with van der Waals surface area (Å²) >= 11 is 10.4. The number of hydrogen-bond donors (Lipinski definition) is 3. The van der Waals surface area contributed by atoms with Crippen LogP contribution in [0.5, 0.6) is 0 Å². The number of pyridine rings is 1. The maximum absolute atomic E-state index is 10.7. The van der Waals surface area contributed by atoms with Gasteiger partial charge in [-0.1, -0.05) is 23.4 Å². The Morgan fingerprint density at radius 1 is 1.29 bits per heavy atom. The van der Waals surface area contributed by atoms with E-state index in [1.807, 2.05) is 0 Å². The molecule has 0 aromatic carbocycles. The van der Waals surface area contributed by atoms with E-state index in [9.17, 15) is 15.3 Å². The lowest BCUT2D eigenvalue weighted by molar-refractivity contribution is -0.178. The Balaban J connectivity index is 1.86. The molecule has 0 spiro atoms. The van der Waals surface area contributed by atoms with Crippen molar-refractivity contribution in [2.24, 2.45) is 0 Å². The van der Waals surface area contributed by atoms with Gasteiger partial charge < -0.3 is 20.1 Å². The molecule has 7 nitrogen and oxygen atoms in total.